The Balaban J connectivity index is 0.000000423. The van der Waals surface area contributed by atoms with Crippen LogP contribution < -0.4 is 5.73 Å². The number of alkyl halides is 3. The molecule has 10 heteroatoms. The number of nitrogens with two attached hydrogens (primary N) is 1. The van der Waals surface area contributed by atoms with Crippen LogP contribution in [-0.4, -0.2) is 52.2 Å². The standard InChI is InChI=1S/C19H22ClN3O.C2HF3O2/c20-17-5-1-3-14(11-17)12-18(21)15-6-9-23(10-7-15)19(24)16-4-2-8-22-13-16;3-2(4,5)1(6)7/h1-5,8,11,13,15,18H,6-7,9-10,12,21H2;(H,6,7). The lowest BCUT2D eigenvalue weighted by Crippen LogP contribution is -2.44. The first-order valence-electron chi connectivity index (χ1n) is 9.57. The molecule has 0 spiro atoms. The Labute approximate surface area is 182 Å². The van der Waals surface area contributed by atoms with E-state index in [1.165, 1.54) is 5.56 Å². The highest BCUT2D eigenvalue weighted by atomic mass is 35.5. The minimum absolute atomic E-state index is 0.0602. The van der Waals surface area contributed by atoms with Gasteiger partial charge in [0.05, 0.1) is 5.56 Å². The van der Waals surface area contributed by atoms with Gasteiger partial charge in [-0.1, -0.05) is 23.7 Å². The number of carbonyl (C=O) groups excluding carboxylic acids is 1. The summed E-state index contributed by atoms with van der Waals surface area (Å²) in [6, 6.07) is 11.6. The number of piperidine rings is 1. The van der Waals surface area contributed by atoms with E-state index in [0.29, 0.717) is 11.5 Å². The molecule has 1 aliphatic heterocycles. The van der Waals surface area contributed by atoms with Gasteiger partial charge < -0.3 is 15.7 Å². The molecule has 0 saturated carbocycles. The summed E-state index contributed by atoms with van der Waals surface area (Å²) < 4.78 is 31.7. The molecule has 31 heavy (non-hydrogen) atoms. The van der Waals surface area contributed by atoms with E-state index in [-0.39, 0.29) is 11.9 Å². The number of amides is 1. The van der Waals surface area contributed by atoms with Crippen molar-refractivity contribution in [3.05, 3.63) is 64.9 Å². The molecule has 1 unspecified atom stereocenters. The Kier molecular flexibility index (Phi) is 8.82. The van der Waals surface area contributed by atoms with E-state index in [1.54, 1.807) is 18.5 Å². The Morgan fingerprint density at radius 1 is 1.23 bits per heavy atom. The maximum Gasteiger partial charge on any atom is 0.490 e. The minimum Gasteiger partial charge on any atom is -0.475 e. The topological polar surface area (TPSA) is 96.5 Å². The van der Waals surface area contributed by atoms with Gasteiger partial charge in [-0.15, -0.1) is 0 Å². The van der Waals surface area contributed by atoms with Gasteiger partial charge in [0.1, 0.15) is 0 Å². The summed E-state index contributed by atoms with van der Waals surface area (Å²) in [6.07, 6.45) is 0.917. The fraction of sp³-hybridized carbons (Fsp3) is 0.381. The maximum absolute atomic E-state index is 12.4. The van der Waals surface area contributed by atoms with Gasteiger partial charge in [0, 0.05) is 36.5 Å². The van der Waals surface area contributed by atoms with Crippen LogP contribution in [0.4, 0.5) is 13.2 Å². The van der Waals surface area contributed by atoms with Crippen molar-refractivity contribution < 1.29 is 27.9 Å². The van der Waals surface area contributed by atoms with Crippen molar-refractivity contribution in [2.24, 2.45) is 11.7 Å². The Morgan fingerprint density at radius 2 is 1.87 bits per heavy atom. The molecular weight excluding hydrogens is 435 g/mol. The van der Waals surface area contributed by atoms with E-state index in [4.69, 9.17) is 27.2 Å². The van der Waals surface area contributed by atoms with E-state index in [1.807, 2.05) is 29.2 Å². The van der Waals surface area contributed by atoms with Crippen molar-refractivity contribution in [3.8, 4) is 0 Å². The van der Waals surface area contributed by atoms with Gasteiger partial charge in [0.25, 0.3) is 5.91 Å². The molecule has 2 aromatic rings. The van der Waals surface area contributed by atoms with Crippen molar-refractivity contribution in [1.29, 1.82) is 0 Å². The number of hydrogen-bond donors (Lipinski definition) is 2. The quantitative estimate of drug-likeness (QED) is 0.728. The van der Waals surface area contributed by atoms with Crippen LogP contribution >= 0.6 is 11.6 Å². The predicted octanol–water partition coefficient (Wildman–Crippen LogP) is 3.79. The number of carbonyl (C=O) groups is 2. The van der Waals surface area contributed by atoms with Gasteiger partial charge in [-0.3, -0.25) is 9.78 Å². The second kappa shape index (κ2) is 11.1. The minimum atomic E-state index is -5.08. The molecule has 1 aliphatic rings. The average Bonchev–Trinajstić information content (AvgIpc) is 2.74. The smallest absolute Gasteiger partial charge is 0.475 e. The highest BCUT2D eigenvalue weighted by molar-refractivity contribution is 6.30. The van der Waals surface area contributed by atoms with Crippen LogP contribution in [0.2, 0.25) is 5.02 Å². The van der Waals surface area contributed by atoms with E-state index >= 15 is 0 Å². The monoisotopic (exact) mass is 457 g/mol. The van der Waals surface area contributed by atoms with Crippen molar-refractivity contribution in [2.45, 2.75) is 31.5 Å². The van der Waals surface area contributed by atoms with E-state index in [9.17, 15) is 18.0 Å². The number of aromatic nitrogens is 1. The van der Waals surface area contributed by atoms with Crippen molar-refractivity contribution in [3.63, 3.8) is 0 Å². The van der Waals surface area contributed by atoms with Crippen molar-refractivity contribution in [1.82, 2.24) is 9.88 Å². The molecule has 3 N–H and O–H groups in total. The van der Waals surface area contributed by atoms with Gasteiger partial charge in [-0.25, -0.2) is 4.79 Å². The van der Waals surface area contributed by atoms with Crippen LogP contribution in [0, 0.1) is 5.92 Å². The molecule has 0 aliphatic carbocycles. The average molecular weight is 458 g/mol. The third kappa shape index (κ3) is 7.84. The fourth-order valence-corrected chi connectivity index (χ4v) is 3.52. The summed E-state index contributed by atoms with van der Waals surface area (Å²) in [5, 5.41) is 7.87. The summed E-state index contributed by atoms with van der Waals surface area (Å²) >= 11 is 6.04. The van der Waals surface area contributed by atoms with Crippen LogP contribution in [-0.2, 0) is 11.2 Å². The van der Waals surface area contributed by atoms with Gasteiger partial charge in [-0.05, 0) is 55.0 Å². The summed E-state index contributed by atoms with van der Waals surface area (Å²) in [7, 11) is 0. The fourth-order valence-electron chi connectivity index (χ4n) is 3.31. The molecule has 1 fully saturated rings. The van der Waals surface area contributed by atoms with Gasteiger partial charge >= 0.3 is 12.1 Å². The first kappa shape index (κ1) is 24.6. The van der Waals surface area contributed by atoms with Crippen LogP contribution in [0.25, 0.3) is 0 Å². The molecule has 6 nitrogen and oxygen atoms in total. The van der Waals surface area contributed by atoms with Crippen molar-refractivity contribution >= 4 is 23.5 Å². The maximum atomic E-state index is 12.4. The number of nitrogens with zero attached hydrogens (tertiary/aromatic N) is 2. The number of aliphatic carboxylic acids is 1. The first-order chi connectivity index (χ1) is 14.6. The SMILES string of the molecule is NC(Cc1cccc(Cl)c1)C1CCN(C(=O)c2cccnc2)CC1.O=C(O)C(F)(F)F. The molecular formula is C21H23ClF3N3O3. The molecule has 0 bridgehead atoms. The number of rotatable bonds is 4. The van der Waals surface area contributed by atoms with Gasteiger partial charge in [0.2, 0.25) is 0 Å². The summed E-state index contributed by atoms with van der Waals surface area (Å²) in [5.74, 6) is -2.26. The lowest BCUT2D eigenvalue weighted by atomic mass is 9.86. The Hall–Kier alpha value is -2.65. The summed E-state index contributed by atoms with van der Waals surface area (Å²) in [6.45, 7) is 1.50. The normalized spacial score (nSPS) is 15.6. The molecule has 0 radical (unpaired) electrons. The van der Waals surface area contributed by atoms with Crippen LogP contribution in [0.1, 0.15) is 28.8 Å². The molecule has 1 atom stereocenters. The Morgan fingerprint density at radius 3 is 2.39 bits per heavy atom. The summed E-state index contributed by atoms with van der Waals surface area (Å²) in [4.78, 5) is 27.3. The Bertz CT molecular complexity index is 873. The number of halogens is 4. The number of benzene rings is 1. The molecule has 1 saturated heterocycles. The zero-order valence-electron chi connectivity index (χ0n) is 16.6. The predicted molar refractivity (Wildman–Crippen MR) is 110 cm³/mol. The van der Waals surface area contributed by atoms with Crippen LogP contribution in [0.15, 0.2) is 48.8 Å². The number of carboxylic acids is 1. The summed E-state index contributed by atoms with van der Waals surface area (Å²) in [5.41, 5.74) is 8.23. The molecule has 1 amide bonds. The van der Waals surface area contributed by atoms with Crippen LogP contribution in [0.3, 0.4) is 0 Å². The molecule has 3 rings (SSSR count). The largest absolute Gasteiger partial charge is 0.490 e. The first-order valence-corrected chi connectivity index (χ1v) is 9.95. The lowest BCUT2D eigenvalue weighted by Gasteiger charge is -2.35. The highest BCUT2D eigenvalue weighted by Gasteiger charge is 2.38. The van der Waals surface area contributed by atoms with E-state index in [0.717, 1.165) is 37.4 Å². The third-order valence-electron chi connectivity index (χ3n) is 4.94. The van der Waals surface area contributed by atoms with E-state index < -0.39 is 12.1 Å². The van der Waals surface area contributed by atoms with Crippen molar-refractivity contribution in [2.75, 3.05) is 13.1 Å². The molecule has 1 aromatic heterocycles. The highest BCUT2D eigenvalue weighted by Crippen LogP contribution is 2.23. The van der Waals surface area contributed by atoms with E-state index in [2.05, 4.69) is 11.1 Å². The van der Waals surface area contributed by atoms with Crippen LogP contribution in [0.5, 0.6) is 0 Å². The number of hydrogen-bond acceptors (Lipinski definition) is 4. The molecule has 168 valence electrons. The zero-order valence-corrected chi connectivity index (χ0v) is 17.3. The number of pyridine rings is 1. The second-order valence-electron chi connectivity index (χ2n) is 7.17. The zero-order chi connectivity index (χ0) is 23.0. The molecule has 2 heterocycles. The third-order valence-corrected chi connectivity index (χ3v) is 5.18. The molecule has 1 aromatic carbocycles. The lowest BCUT2D eigenvalue weighted by molar-refractivity contribution is -0.192. The second-order valence-corrected chi connectivity index (χ2v) is 7.61. The number of carboxylic acid groups (broad SMARTS) is 1. The number of likely N-dealkylation sites (tertiary alicyclic amines) is 1. The van der Waals surface area contributed by atoms with Gasteiger partial charge in [0.15, 0.2) is 0 Å². The van der Waals surface area contributed by atoms with Gasteiger partial charge in [-0.2, -0.15) is 13.2 Å².